The fourth-order valence-electron chi connectivity index (χ4n) is 1.15. The lowest BCUT2D eigenvalue weighted by atomic mass is 10.3. The van der Waals surface area contributed by atoms with Gasteiger partial charge in [0.1, 0.15) is 5.82 Å². The maximum atomic E-state index is 11.5. The number of nitrogens with zero attached hydrogens (tertiary/aromatic N) is 3. The smallest absolute Gasteiger partial charge is 0.337 e. The molecule has 0 radical (unpaired) electrons. The summed E-state index contributed by atoms with van der Waals surface area (Å²) in [7, 11) is 0. The predicted octanol–water partition coefficient (Wildman–Crippen LogP) is 0.696. The van der Waals surface area contributed by atoms with Crippen molar-refractivity contribution in [2.24, 2.45) is 0 Å². The zero-order chi connectivity index (χ0) is 11.7. The molecule has 0 aliphatic heterocycles. The van der Waals surface area contributed by atoms with E-state index in [-0.39, 0.29) is 11.1 Å². The average molecular weight is 237 g/mol. The van der Waals surface area contributed by atoms with E-state index in [9.17, 15) is 9.59 Å². The third kappa shape index (κ3) is 1.84. The Labute approximate surface area is 94.0 Å². The molecule has 82 valence electrons. The minimum Gasteiger partial charge on any atom is -0.478 e. The van der Waals surface area contributed by atoms with Crippen LogP contribution in [0.25, 0.3) is 5.13 Å². The van der Waals surface area contributed by atoms with Gasteiger partial charge in [0, 0.05) is 23.8 Å². The second-order valence-electron chi connectivity index (χ2n) is 3.06. The first-order valence-electron chi connectivity index (χ1n) is 4.34. The van der Waals surface area contributed by atoms with Crippen LogP contribution in [-0.2, 0) is 0 Å². The lowest BCUT2D eigenvalue weighted by Crippen LogP contribution is -2.18. The van der Waals surface area contributed by atoms with E-state index in [1.54, 1.807) is 6.92 Å². The molecule has 1 N–H and O–H groups in total. The highest BCUT2D eigenvalue weighted by Crippen LogP contribution is 2.09. The summed E-state index contributed by atoms with van der Waals surface area (Å²) in [6.45, 7) is 1.70. The number of pyridine rings is 1. The molecule has 0 bridgehead atoms. The normalized spacial score (nSPS) is 10.3. The number of hydrogen-bond acceptors (Lipinski definition) is 5. The molecule has 0 aliphatic rings. The number of aromatic nitrogens is 3. The van der Waals surface area contributed by atoms with Gasteiger partial charge in [0.15, 0.2) is 0 Å². The van der Waals surface area contributed by atoms with Crippen molar-refractivity contribution in [1.82, 2.24) is 13.9 Å². The fraction of sp³-hybridized carbons (Fsp3) is 0.111. The number of aromatic carboxylic acids is 1. The number of carbonyl (C=O) groups is 1. The molecule has 16 heavy (non-hydrogen) atoms. The quantitative estimate of drug-likeness (QED) is 0.830. The van der Waals surface area contributed by atoms with Gasteiger partial charge in [0.05, 0.1) is 5.56 Å². The van der Waals surface area contributed by atoms with Crippen molar-refractivity contribution in [3.63, 3.8) is 0 Å². The van der Waals surface area contributed by atoms with E-state index in [1.165, 1.54) is 22.9 Å². The molecular weight excluding hydrogens is 230 g/mol. The van der Waals surface area contributed by atoms with Crippen molar-refractivity contribution in [3.05, 3.63) is 40.1 Å². The highest BCUT2D eigenvalue weighted by atomic mass is 32.1. The first kappa shape index (κ1) is 10.5. The van der Waals surface area contributed by atoms with Gasteiger partial charge in [0.25, 0.3) is 5.56 Å². The van der Waals surface area contributed by atoms with E-state index < -0.39 is 5.97 Å². The third-order valence-corrected chi connectivity index (χ3v) is 2.69. The van der Waals surface area contributed by atoms with Crippen LogP contribution < -0.4 is 5.56 Å². The molecule has 0 saturated heterocycles. The van der Waals surface area contributed by atoms with Gasteiger partial charge in [-0.25, -0.2) is 9.78 Å². The molecule has 2 aromatic heterocycles. The van der Waals surface area contributed by atoms with Crippen molar-refractivity contribution in [2.75, 3.05) is 0 Å². The summed E-state index contributed by atoms with van der Waals surface area (Å²) in [4.78, 5) is 26.3. The summed E-state index contributed by atoms with van der Waals surface area (Å²) in [5.74, 6) is -0.539. The Morgan fingerprint density at radius 1 is 1.50 bits per heavy atom. The van der Waals surface area contributed by atoms with Gasteiger partial charge in [-0.2, -0.15) is 4.37 Å². The summed E-state index contributed by atoms with van der Waals surface area (Å²) in [6.07, 6.45) is 1.24. The Bertz CT molecular complexity index is 602. The van der Waals surface area contributed by atoms with Crippen LogP contribution in [0.2, 0.25) is 0 Å². The van der Waals surface area contributed by atoms with Crippen molar-refractivity contribution < 1.29 is 9.90 Å². The highest BCUT2D eigenvalue weighted by Gasteiger charge is 2.09. The summed E-state index contributed by atoms with van der Waals surface area (Å²) in [5, 5.41) is 9.17. The standard InChI is InChI=1S/C9H7N3O3S/c1-5-10-9(16-11-5)12-4-6(8(14)15)2-3-7(12)13/h2-4H,1H3,(H,14,15). The molecule has 6 nitrogen and oxygen atoms in total. The minimum absolute atomic E-state index is 0.0347. The van der Waals surface area contributed by atoms with Gasteiger partial charge in [-0.3, -0.25) is 9.36 Å². The Kier molecular flexibility index (Phi) is 2.53. The van der Waals surface area contributed by atoms with Crippen LogP contribution >= 0.6 is 11.5 Å². The monoisotopic (exact) mass is 237 g/mol. The summed E-state index contributed by atoms with van der Waals surface area (Å²) >= 11 is 1.05. The summed E-state index contributed by atoms with van der Waals surface area (Å²) in [6, 6.07) is 2.45. The topological polar surface area (TPSA) is 85.1 Å². The lowest BCUT2D eigenvalue weighted by Gasteiger charge is -2.00. The molecule has 2 aromatic rings. The van der Waals surface area contributed by atoms with Crippen LogP contribution in [0.15, 0.2) is 23.1 Å². The van der Waals surface area contributed by atoms with Gasteiger partial charge in [-0.15, -0.1) is 0 Å². The van der Waals surface area contributed by atoms with E-state index in [0.717, 1.165) is 11.5 Å². The SMILES string of the molecule is Cc1nsc(-n2cc(C(=O)O)ccc2=O)n1. The number of aryl methyl sites for hydroxylation is 1. The van der Waals surface area contributed by atoms with E-state index >= 15 is 0 Å². The van der Waals surface area contributed by atoms with Crippen LogP contribution in [0.4, 0.5) is 0 Å². The zero-order valence-electron chi connectivity index (χ0n) is 8.25. The molecule has 0 spiro atoms. The molecule has 0 unspecified atom stereocenters. The molecule has 0 fully saturated rings. The lowest BCUT2D eigenvalue weighted by molar-refractivity contribution is 0.0696. The van der Waals surface area contributed by atoms with Crippen molar-refractivity contribution in [2.45, 2.75) is 6.92 Å². The Hall–Kier alpha value is -2.02. The molecule has 0 amide bonds. The van der Waals surface area contributed by atoms with Gasteiger partial charge in [-0.1, -0.05) is 0 Å². The largest absolute Gasteiger partial charge is 0.478 e. The van der Waals surface area contributed by atoms with Gasteiger partial charge >= 0.3 is 5.97 Å². The molecule has 7 heteroatoms. The Balaban J connectivity index is 2.60. The van der Waals surface area contributed by atoms with Crippen LogP contribution in [-0.4, -0.2) is 25.0 Å². The first-order valence-corrected chi connectivity index (χ1v) is 5.12. The van der Waals surface area contributed by atoms with Gasteiger partial charge in [-0.05, 0) is 13.0 Å². The molecule has 2 heterocycles. The Morgan fingerprint density at radius 3 is 2.81 bits per heavy atom. The third-order valence-electron chi connectivity index (χ3n) is 1.88. The number of carboxylic acid groups (broad SMARTS) is 1. The molecule has 0 aliphatic carbocycles. The number of rotatable bonds is 2. The van der Waals surface area contributed by atoms with Crippen LogP contribution in [0.3, 0.4) is 0 Å². The molecular formula is C9H7N3O3S. The first-order chi connectivity index (χ1) is 7.58. The second-order valence-corrected chi connectivity index (χ2v) is 3.79. The second kappa shape index (κ2) is 3.86. The van der Waals surface area contributed by atoms with E-state index in [1.807, 2.05) is 0 Å². The highest BCUT2D eigenvalue weighted by molar-refractivity contribution is 7.08. The van der Waals surface area contributed by atoms with Crippen LogP contribution in [0.1, 0.15) is 16.2 Å². The van der Waals surface area contributed by atoms with E-state index in [4.69, 9.17) is 5.11 Å². The average Bonchev–Trinajstić information content (AvgIpc) is 2.65. The molecule has 0 aromatic carbocycles. The minimum atomic E-state index is -1.09. The summed E-state index contributed by atoms with van der Waals surface area (Å²) < 4.78 is 5.11. The van der Waals surface area contributed by atoms with Gasteiger partial charge < -0.3 is 5.11 Å². The fourth-order valence-corrected chi connectivity index (χ4v) is 1.81. The van der Waals surface area contributed by atoms with E-state index in [2.05, 4.69) is 9.36 Å². The Morgan fingerprint density at radius 2 is 2.25 bits per heavy atom. The number of carboxylic acids is 1. The van der Waals surface area contributed by atoms with E-state index in [0.29, 0.717) is 11.0 Å². The maximum absolute atomic E-state index is 11.5. The van der Waals surface area contributed by atoms with Crippen LogP contribution in [0, 0.1) is 6.92 Å². The number of hydrogen-bond donors (Lipinski definition) is 1. The van der Waals surface area contributed by atoms with Crippen molar-refractivity contribution in [3.8, 4) is 5.13 Å². The van der Waals surface area contributed by atoms with Crippen LogP contribution in [0.5, 0.6) is 0 Å². The van der Waals surface area contributed by atoms with Gasteiger partial charge in [0.2, 0.25) is 5.13 Å². The van der Waals surface area contributed by atoms with Crippen molar-refractivity contribution >= 4 is 17.5 Å². The summed E-state index contributed by atoms with van der Waals surface area (Å²) in [5.41, 5.74) is -0.298. The van der Waals surface area contributed by atoms with Crippen molar-refractivity contribution in [1.29, 1.82) is 0 Å². The maximum Gasteiger partial charge on any atom is 0.337 e. The molecule has 0 atom stereocenters. The predicted molar refractivity (Wildman–Crippen MR) is 57.2 cm³/mol. The zero-order valence-corrected chi connectivity index (χ0v) is 9.06. The molecule has 0 saturated carbocycles. The molecule has 2 rings (SSSR count).